The molecule has 0 aliphatic carbocycles. The van der Waals surface area contributed by atoms with E-state index >= 15 is 0 Å². The number of amides is 1. The zero-order chi connectivity index (χ0) is 15.0. The van der Waals surface area contributed by atoms with Crippen molar-refractivity contribution >= 4 is 15.9 Å². The number of rotatable bonds is 2. The minimum Gasteiger partial charge on any atom is -0.337 e. The third-order valence-corrected chi connectivity index (χ3v) is 5.70. The Bertz CT molecular complexity index is 630. The third-order valence-electron chi connectivity index (χ3n) is 4.40. The number of fused-ring (bicyclic) bond motifs is 4. The van der Waals surface area contributed by atoms with Gasteiger partial charge in [-0.25, -0.2) is 8.42 Å². The Hall–Kier alpha value is -1.40. The molecule has 2 bridgehead atoms. The Balaban J connectivity index is 1.83. The summed E-state index contributed by atoms with van der Waals surface area (Å²) >= 11 is 0. The highest BCUT2D eigenvalue weighted by molar-refractivity contribution is 7.88. The molecule has 0 N–H and O–H groups in total. The number of hydrogen-bond acceptors (Lipinski definition) is 3. The highest BCUT2D eigenvalue weighted by Crippen LogP contribution is 2.30. The lowest BCUT2D eigenvalue weighted by atomic mass is 9.97. The Morgan fingerprint density at radius 2 is 1.81 bits per heavy atom. The monoisotopic (exact) mass is 308 g/mol. The fourth-order valence-electron chi connectivity index (χ4n) is 3.37. The predicted octanol–water partition coefficient (Wildman–Crippen LogP) is 1.18. The number of piperidine rings is 1. The van der Waals surface area contributed by atoms with Crippen molar-refractivity contribution in [3.63, 3.8) is 0 Å². The van der Waals surface area contributed by atoms with Crippen LogP contribution >= 0.6 is 0 Å². The van der Waals surface area contributed by atoms with Crippen molar-refractivity contribution in [2.24, 2.45) is 5.92 Å². The first-order valence-electron chi connectivity index (χ1n) is 7.26. The van der Waals surface area contributed by atoms with Gasteiger partial charge in [-0.3, -0.25) is 4.79 Å². The van der Waals surface area contributed by atoms with E-state index in [0.29, 0.717) is 25.2 Å². The molecule has 3 fully saturated rings. The molecule has 3 aliphatic heterocycles. The van der Waals surface area contributed by atoms with Crippen LogP contribution in [0.5, 0.6) is 0 Å². The average molecular weight is 308 g/mol. The molecule has 1 aromatic rings. The number of nitrogens with zero attached hydrogens (tertiary/aromatic N) is 2. The number of hydrogen-bond donors (Lipinski definition) is 0. The van der Waals surface area contributed by atoms with E-state index in [-0.39, 0.29) is 17.9 Å². The molecule has 0 saturated carbocycles. The van der Waals surface area contributed by atoms with Crippen LogP contribution in [-0.4, -0.2) is 55.5 Å². The van der Waals surface area contributed by atoms with Crippen molar-refractivity contribution in [1.82, 2.24) is 9.21 Å². The zero-order valence-corrected chi connectivity index (χ0v) is 12.9. The van der Waals surface area contributed by atoms with E-state index in [4.69, 9.17) is 0 Å². The second kappa shape index (κ2) is 5.42. The first kappa shape index (κ1) is 14.5. The van der Waals surface area contributed by atoms with Crippen molar-refractivity contribution in [3.8, 4) is 0 Å². The number of carbonyl (C=O) groups is 1. The van der Waals surface area contributed by atoms with Crippen LogP contribution in [0.1, 0.15) is 23.2 Å². The maximum Gasteiger partial charge on any atom is 0.253 e. The molecule has 3 saturated heterocycles. The molecule has 0 unspecified atom stereocenters. The molecule has 114 valence electrons. The predicted molar refractivity (Wildman–Crippen MR) is 80.4 cm³/mol. The molecule has 0 spiro atoms. The van der Waals surface area contributed by atoms with Crippen molar-refractivity contribution in [1.29, 1.82) is 0 Å². The second-order valence-corrected chi connectivity index (χ2v) is 7.94. The maximum atomic E-state index is 12.6. The van der Waals surface area contributed by atoms with Gasteiger partial charge in [0.1, 0.15) is 0 Å². The summed E-state index contributed by atoms with van der Waals surface area (Å²) in [5, 5.41) is 0. The molecule has 0 radical (unpaired) electrons. The van der Waals surface area contributed by atoms with E-state index in [1.807, 2.05) is 35.2 Å². The van der Waals surface area contributed by atoms with Crippen molar-refractivity contribution in [2.75, 3.05) is 25.9 Å². The van der Waals surface area contributed by atoms with Crippen LogP contribution in [0, 0.1) is 5.92 Å². The van der Waals surface area contributed by atoms with Crippen molar-refractivity contribution in [3.05, 3.63) is 35.9 Å². The summed E-state index contributed by atoms with van der Waals surface area (Å²) in [6, 6.07) is 9.12. The molecule has 3 aliphatic rings. The van der Waals surface area contributed by atoms with Gasteiger partial charge in [-0.15, -0.1) is 0 Å². The molecule has 1 aromatic carbocycles. The molecular formula is C15H20N2O3S. The van der Waals surface area contributed by atoms with Gasteiger partial charge in [0.05, 0.1) is 6.26 Å². The van der Waals surface area contributed by atoms with Gasteiger partial charge in [0.2, 0.25) is 10.0 Å². The van der Waals surface area contributed by atoms with E-state index in [1.54, 1.807) is 4.31 Å². The fourth-order valence-corrected chi connectivity index (χ4v) is 4.57. The first-order valence-corrected chi connectivity index (χ1v) is 9.11. The van der Waals surface area contributed by atoms with Crippen molar-refractivity contribution in [2.45, 2.75) is 18.9 Å². The van der Waals surface area contributed by atoms with Crippen LogP contribution < -0.4 is 0 Å². The average Bonchev–Trinajstić information content (AvgIpc) is 2.78. The number of benzene rings is 1. The van der Waals surface area contributed by atoms with Crippen LogP contribution in [0.2, 0.25) is 0 Å². The molecule has 2 atom stereocenters. The van der Waals surface area contributed by atoms with Crippen molar-refractivity contribution < 1.29 is 13.2 Å². The van der Waals surface area contributed by atoms with E-state index in [0.717, 1.165) is 12.8 Å². The van der Waals surface area contributed by atoms with Gasteiger partial charge in [-0.05, 0) is 30.9 Å². The summed E-state index contributed by atoms with van der Waals surface area (Å²) < 4.78 is 25.4. The van der Waals surface area contributed by atoms with E-state index in [9.17, 15) is 13.2 Å². The topological polar surface area (TPSA) is 57.7 Å². The normalized spacial score (nSPS) is 26.6. The smallest absolute Gasteiger partial charge is 0.253 e. The van der Waals surface area contributed by atoms with Crippen LogP contribution in [-0.2, 0) is 10.0 Å². The molecule has 21 heavy (non-hydrogen) atoms. The quantitative estimate of drug-likeness (QED) is 0.824. The molecule has 1 amide bonds. The SMILES string of the molecule is CS(=O)(=O)N1C[C@@H]2CC[C@H]1CN(C(=O)c1ccccc1)C2. The highest BCUT2D eigenvalue weighted by Gasteiger charge is 2.40. The molecule has 3 heterocycles. The molecule has 0 aromatic heterocycles. The van der Waals surface area contributed by atoms with Gasteiger partial charge < -0.3 is 4.90 Å². The van der Waals surface area contributed by atoms with Gasteiger partial charge in [0.15, 0.2) is 0 Å². The number of sulfonamides is 1. The number of carbonyl (C=O) groups excluding carboxylic acids is 1. The fraction of sp³-hybridized carbons (Fsp3) is 0.533. The van der Waals surface area contributed by atoms with E-state index in [2.05, 4.69) is 0 Å². The Labute approximate surface area is 125 Å². The summed E-state index contributed by atoms with van der Waals surface area (Å²) in [5.41, 5.74) is 0.671. The summed E-state index contributed by atoms with van der Waals surface area (Å²) in [6.07, 6.45) is 3.10. The van der Waals surface area contributed by atoms with Gasteiger partial charge in [0.25, 0.3) is 5.91 Å². The van der Waals surface area contributed by atoms with Crippen LogP contribution in [0.4, 0.5) is 0 Å². The van der Waals surface area contributed by atoms with Crippen LogP contribution in [0.15, 0.2) is 30.3 Å². The highest BCUT2D eigenvalue weighted by atomic mass is 32.2. The Morgan fingerprint density at radius 3 is 2.48 bits per heavy atom. The summed E-state index contributed by atoms with van der Waals surface area (Å²) in [6.45, 7) is 1.69. The molecular weight excluding hydrogens is 288 g/mol. The minimum atomic E-state index is -3.20. The third kappa shape index (κ3) is 2.96. The second-order valence-electron chi connectivity index (χ2n) is 6.01. The molecule has 6 heteroatoms. The summed E-state index contributed by atoms with van der Waals surface area (Å²) in [7, 11) is -3.20. The zero-order valence-electron chi connectivity index (χ0n) is 12.1. The lowest BCUT2D eigenvalue weighted by Gasteiger charge is -2.33. The Kier molecular flexibility index (Phi) is 3.75. The van der Waals surface area contributed by atoms with E-state index in [1.165, 1.54) is 6.26 Å². The van der Waals surface area contributed by atoms with Crippen LogP contribution in [0.3, 0.4) is 0 Å². The first-order chi connectivity index (χ1) is 9.95. The maximum absolute atomic E-state index is 12.6. The van der Waals surface area contributed by atoms with Gasteiger partial charge in [-0.2, -0.15) is 4.31 Å². The van der Waals surface area contributed by atoms with Gasteiger partial charge in [-0.1, -0.05) is 18.2 Å². The minimum absolute atomic E-state index is 0.00264. The standard InChI is InChI=1S/C15H20N2O3S/c1-21(19,20)17-10-12-7-8-14(17)11-16(9-12)15(18)13-5-3-2-4-6-13/h2-6,12,14H,7-11H2,1H3/t12-,14+/m1/s1. The molecule has 5 nitrogen and oxygen atoms in total. The van der Waals surface area contributed by atoms with E-state index < -0.39 is 10.0 Å². The Morgan fingerprint density at radius 1 is 1.10 bits per heavy atom. The van der Waals surface area contributed by atoms with Gasteiger partial charge >= 0.3 is 0 Å². The summed E-state index contributed by atoms with van der Waals surface area (Å²) in [4.78, 5) is 14.4. The summed E-state index contributed by atoms with van der Waals surface area (Å²) in [5.74, 6) is 0.244. The van der Waals surface area contributed by atoms with Gasteiger partial charge in [0, 0.05) is 31.2 Å². The van der Waals surface area contributed by atoms with Crippen LogP contribution in [0.25, 0.3) is 0 Å². The largest absolute Gasteiger partial charge is 0.337 e. The lowest BCUT2D eigenvalue weighted by molar-refractivity contribution is 0.0746. The molecule has 4 rings (SSSR count). The lowest BCUT2D eigenvalue weighted by Crippen LogP contribution is -2.47.